The smallest absolute Gasteiger partial charge is 0.481 e. The Kier molecular flexibility index (Phi) is 9.58. The zero-order valence-electron chi connectivity index (χ0n) is 20.0. The van der Waals surface area contributed by atoms with Crippen molar-refractivity contribution in [3.63, 3.8) is 0 Å². The van der Waals surface area contributed by atoms with E-state index in [1.165, 1.54) is 9.80 Å². The topological polar surface area (TPSA) is 165 Å². The lowest BCUT2D eigenvalue weighted by atomic mass is 10.1. The van der Waals surface area contributed by atoms with Crippen LogP contribution in [0, 0.1) is 17.3 Å². The molecule has 2 aromatic carbocycles. The van der Waals surface area contributed by atoms with Crippen LogP contribution in [0.1, 0.15) is 40.4 Å². The molecule has 13 heteroatoms. The van der Waals surface area contributed by atoms with Crippen molar-refractivity contribution >= 4 is 35.3 Å². The first-order chi connectivity index (χ1) is 17.7. The second kappa shape index (κ2) is 12.4. The number of anilines is 1. The highest BCUT2D eigenvalue weighted by Gasteiger charge is 2.38. The van der Waals surface area contributed by atoms with Crippen LogP contribution in [0.2, 0.25) is 0 Å². The summed E-state index contributed by atoms with van der Waals surface area (Å²) in [5.74, 6) is 1.54. The predicted octanol–water partition coefficient (Wildman–Crippen LogP) is 2.29. The first kappa shape index (κ1) is 29.4. The van der Waals surface area contributed by atoms with Crippen LogP contribution >= 0.6 is 0 Å². The molecule has 0 radical (unpaired) electrons. The molecular formula is C25H23F3N4O6. The number of halogens is 3. The number of alkyl halides is 3. The summed E-state index contributed by atoms with van der Waals surface area (Å²) in [5.41, 5.74) is 8.18. The summed E-state index contributed by atoms with van der Waals surface area (Å²) in [7, 11) is 0. The predicted molar refractivity (Wildman–Crippen MR) is 130 cm³/mol. The molecule has 0 saturated carbocycles. The number of nitrogens with two attached hydrogens (primary N) is 1. The molecule has 2 aromatic rings. The molecule has 3 rings (SSSR count). The summed E-state index contributed by atoms with van der Waals surface area (Å²) in [5, 5.41) is 23.5. The lowest BCUT2D eigenvalue weighted by Gasteiger charge is -2.20. The summed E-state index contributed by atoms with van der Waals surface area (Å²) in [6.07, 6.45) is -5.32. The second-order valence-electron chi connectivity index (χ2n) is 7.78. The second-order valence-corrected chi connectivity index (χ2v) is 7.78. The Morgan fingerprint density at radius 2 is 1.61 bits per heavy atom. The van der Waals surface area contributed by atoms with Gasteiger partial charge in [0.15, 0.2) is 0 Å². The zero-order chi connectivity index (χ0) is 28.6. The Balaban J connectivity index is 0.000000638. The van der Waals surface area contributed by atoms with Gasteiger partial charge in [-0.25, -0.2) is 4.79 Å². The largest absolute Gasteiger partial charge is 0.490 e. The lowest BCUT2D eigenvalue weighted by Crippen LogP contribution is -2.40. The number of aliphatic carboxylic acids is 2. The molecule has 0 atom stereocenters. The van der Waals surface area contributed by atoms with Crippen LogP contribution in [0.3, 0.4) is 0 Å². The van der Waals surface area contributed by atoms with Crippen LogP contribution in [0.5, 0.6) is 0 Å². The average Bonchev–Trinajstić information content (AvgIpc) is 2.95. The summed E-state index contributed by atoms with van der Waals surface area (Å²) in [6, 6.07) is 12.0. The van der Waals surface area contributed by atoms with Crippen LogP contribution in [0.15, 0.2) is 42.5 Å². The molecule has 0 fully saturated rings. The molecule has 10 nitrogen and oxygen atoms in total. The van der Waals surface area contributed by atoms with Gasteiger partial charge < -0.3 is 25.7 Å². The van der Waals surface area contributed by atoms with Crippen molar-refractivity contribution in [2.24, 2.45) is 5.73 Å². The molecule has 1 aliphatic heterocycles. The van der Waals surface area contributed by atoms with Gasteiger partial charge in [-0.2, -0.15) is 13.2 Å². The van der Waals surface area contributed by atoms with Gasteiger partial charge in [0.2, 0.25) is 5.91 Å². The van der Waals surface area contributed by atoms with Gasteiger partial charge >= 0.3 is 18.1 Å². The van der Waals surface area contributed by atoms with Crippen molar-refractivity contribution in [1.29, 1.82) is 5.41 Å². The quantitative estimate of drug-likeness (QED) is 0.261. The first-order valence-corrected chi connectivity index (χ1v) is 11.0. The van der Waals surface area contributed by atoms with E-state index in [-0.39, 0.29) is 31.3 Å². The lowest BCUT2D eigenvalue weighted by molar-refractivity contribution is -0.192. The van der Waals surface area contributed by atoms with E-state index in [1.807, 2.05) is 6.92 Å². The Morgan fingerprint density at radius 3 is 2.11 bits per heavy atom. The third-order valence-corrected chi connectivity index (χ3v) is 5.13. The van der Waals surface area contributed by atoms with Gasteiger partial charge in [0.05, 0.1) is 17.7 Å². The number of carboxylic acid groups (broad SMARTS) is 2. The molecule has 1 heterocycles. The summed E-state index contributed by atoms with van der Waals surface area (Å²) in [4.78, 5) is 48.3. The first-order valence-electron chi connectivity index (χ1n) is 11.0. The fourth-order valence-electron chi connectivity index (χ4n) is 3.28. The molecule has 0 saturated heterocycles. The number of rotatable bonds is 5. The van der Waals surface area contributed by atoms with Gasteiger partial charge in [-0.15, -0.1) is 0 Å². The number of amidine groups is 1. The van der Waals surface area contributed by atoms with E-state index >= 15 is 0 Å². The normalized spacial score (nSPS) is 12.8. The maximum absolute atomic E-state index is 13.1. The van der Waals surface area contributed by atoms with E-state index in [2.05, 4.69) is 11.8 Å². The molecule has 38 heavy (non-hydrogen) atoms. The molecule has 0 bridgehead atoms. The van der Waals surface area contributed by atoms with Gasteiger partial charge in [0, 0.05) is 29.8 Å². The molecular weight excluding hydrogens is 509 g/mol. The number of carbonyl (C=O) groups excluding carboxylic acids is 2. The van der Waals surface area contributed by atoms with Gasteiger partial charge in [0.25, 0.3) is 5.91 Å². The highest BCUT2D eigenvalue weighted by molar-refractivity contribution is 6.09. The number of nitrogen functional groups attached to an aromatic ring is 1. The molecule has 1 aliphatic rings. The van der Waals surface area contributed by atoms with E-state index in [1.54, 1.807) is 42.5 Å². The van der Waals surface area contributed by atoms with Gasteiger partial charge in [-0.3, -0.25) is 19.8 Å². The maximum Gasteiger partial charge on any atom is 0.490 e. The Morgan fingerprint density at radius 1 is 1.05 bits per heavy atom. The maximum atomic E-state index is 13.1. The minimum atomic E-state index is -5.08. The minimum Gasteiger partial charge on any atom is -0.481 e. The van der Waals surface area contributed by atoms with Crippen molar-refractivity contribution in [2.75, 3.05) is 24.5 Å². The molecule has 2 amide bonds. The highest BCUT2D eigenvalue weighted by atomic mass is 19.4. The molecule has 0 aromatic heterocycles. The van der Waals surface area contributed by atoms with E-state index < -0.39 is 24.0 Å². The number of likely N-dealkylation sites (N-methyl/N-ethyl adjacent to an activating group) is 1. The number of carboxylic acids is 2. The van der Waals surface area contributed by atoms with Gasteiger partial charge in [-0.05, 0) is 37.3 Å². The summed E-state index contributed by atoms with van der Waals surface area (Å²) >= 11 is 0. The molecule has 0 spiro atoms. The number of hydrogen-bond donors (Lipinski definition) is 4. The van der Waals surface area contributed by atoms with Crippen molar-refractivity contribution < 1.29 is 42.6 Å². The summed E-state index contributed by atoms with van der Waals surface area (Å²) < 4.78 is 31.7. The van der Waals surface area contributed by atoms with Gasteiger partial charge in [0.1, 0.15) is 12.4 Å². The van der Waals surface area contributed by atoms with E-state index in [0.29, 0.717) is 28.9 Å². The fraction of sp³-hybridized carbons (Fsp3) is 0.240. The third-order valence-electron chi connectivity index (χ3n) is 5.13. The Labute approximate surface area is 215 Å². The van der Waals surface area contributed by atoms with Crippen molar-refractivity contribution in [3.05, 3.63) is 64.7 Å². The van der Waals surface area contributed by atoms with E-state index in [9.17, 15) is 27.6 Å². The molecule has 200 valence electrons. The van der Waals surface area contributed by atoms with Crippen LogP contribution < -0.4 is 10.6 Å². The van der Waals surface area contributed by atoms with E-state index in [4.69, 9.17) is 26.2 Å². The van der Waals surface area contributed by atoms with Crippen LogP contribution in [0.4, 0.5) is 18.9 Å². The minimum absolute atomic E-state index is 0.0220. The number of fused-ring (bicyclic) bond motifs is 1. The average molecular weight is 532 g/mol. The monoisotopic (exact) mass is 532 g/mol. The number of carbonyl (C=O) groups is 4. The SMILES string of the molecule is CCN1C(=O)CN(CCC(=O)O)C(=O)c2cc(C#Cc3ccc(C(=N)N)cc3)ccc21.O=C(O)C(F)(F)F. The highest BCUT2D eigenvalue weighted by Crippen LogP contribution is 2.27. The molecule has 5 N–H and O–H groups in total. The number of hydrogen-bond acceptors (Lipinski definition) is 5. The van der Waals surface area contributed by atoms with Crippen LogP contribution in [0.25, 0.3) is 0 Å². The Bertz CT molecular complexity index is 1310. The fourth-order valence-corrected chi connectivity index (χ4v) is 3.28. The van der Waals surface area contributed by atoms with Crippen LogP contribution in [-0.2, 0) is 14.4 Å². The van der Waals surface area contributed by atoms with Crippen molar-refractivity contribution in [3.8, 4) is 11.8 Å². The number of nitrogens with one attached hydrogen (secondary N) is 1. The summed E-state index contributed by atoms with van der Waals surface area (Å²) in [6.45, 7) is 1.99. The third kappa shape index (κ3) is 7.82. The molecule has 0 unspecified atom stereocenters. The zero-order valence-corrected chi connectivity index (χ0v) is 20.0. The van der Waals surface area contributed by atoms with Crippen molar-refractivity contribution in [1.82, 2.24) is 4.90 Å². The standard InChI is InChI=1S/C23H22N4O4.C2HF3O2/c1-2-27-19-10-7-16(4-3-15-5-8-17(9-6-15)22(24)25)13-18(19)23(31)26(14-20(27)28)12-11-21(29)30;3-2(4,5)1(6)7/h5-10,13H,2,11-12,14H2,1H3,(H3,24,25)(H,29,30);(H,6,7). The number of nitrogens with zero attached hydrogens (tertiary/aromatic N) is 2. The Hall–Kier alpha value is -4.86. The van der Waals surface area contributed by atoms with Crippen LogP contribution in [-0.4, -0.2) is 70.5 Å². The van der Waals surface area contributed by atoms with E-state index in [0.717, 1.165) is 5.56 Å². The molecule has 0 aliphatic carbocycles. The van der Waals surface area contributed by atoms with Crippen molar-refractivity contribution in [2.45, 2.75) is 19.5 Å². The number of amides is 2. The number of benzene rings is 2. The van der Waals surface area contributed by atoms with Gasteiger partial charge in [-0.1, -0.05) is 24.0 Å².